The van der Waals surface area contributed by atoms with Gasteiger partial charge in [0.05, 0.1) is 5.56 Å². The molecule has 2 rings (SSSR count). The Morgan fingerprint density at radius 2 is 1.35 bits per heavy atom. The molecular weight excluding hydrogens is 330 g/mol. The topological polar surface area (TPSA) is 57.5 Å². The van der Waals surface area contributed by atoms with Crippen LogP contribution in [0.4, 0.5) is 26.3 Å². The van der Waals surface area contributed by atoms with Crippen molar-refractivity contribution in [2.45, 2.75) is 6.10 Å². The number of aliphatic hydroxyl groups excluding tert-OH is 1. The standard InChI is InChI=1S/C14H6F6O3/c15-6-3-4(1-2-5(6)13(21)14(22)23)7-8(16)10(18)12(20)11(19)9(7)17/h1-3,13,21H,(H,22,23). The number of carbonyl (C=O) groups is 1. The number of benzene rings is 2. The highest BCUT2D eigenvalue weighted by atomic mass is 19.2. The number of aliphatic hydroxyl groups is 1. The minimum atomic E-state index is -2.36. The van der Waals surface area contributed by atoms with Crippen LogP contribution in [-0.4, -0.2) is 16.2 Å². The number of carboxylic acids is 1. The average Bonchev–Trinajstić information content (AvgIpc) is 2.50. The van der Waals surface area contributed by atoms with Gasteiger partial charge in [-0.1, -0.05) is 12.1 Å². The highest BCUT2D eigenvalue weighted by Gasteiger charge is 2.28. The first-order valence-corrected chi connectivity index (χ1v) is 5.89. The van der Waals surface area contributed by atoms with Crippen molar-refractivity contribution in [2.75, 3.05) is 0 Å². The molecule has 0 spiro atoms. The third-order valence-electron chi connectivity index (χ3n) is 3.03. The van der Waals surface area contributed by atoms with Gasteiger partial charge in [-0.3, -0.25) is 0 Å². The van der Waals surface area contributed by atoms with Crippen molar-refractivity contribution in [3.8, 4) is 11.1 Å². The van der Waals surface area contributed by atoms with Crippen LogP contribution < -0.4 is 0 Å². The largest absolute Gasteiger partial charge is 0.479 e. The molecule has 0 aliphatic rings. The van der Waals surface area contributed by atoms with Crippen LogP contribution in [0.25, 0.3) is 11.1 Å². The van der Waals surface area contributed by atoms with E-state index in [2.05, 4.69) is 0 Å². The van der Waals surface area contributed by atoms with Crippen molar-refractivity contribution in [2.24, 2.45) is 0 Å². The number of aliphatic carboxylic acids is 1. The maximum Gasteiger partial charge on any atom is 0.337 e. The number of carboxylic acid groups (broad SMARTS) is 1. The number of hydrogen-bond donors (Lipinski definition) is 2. The molecule has 2 aromatic carbocycles. The minimum Gasteiger partial charge on any atom is -0.479 e. The van der Waals surface area contributed by atoms with Gasteiger partial charge in [0, 0.05) is 5.56 Å². The summed E-state index contributed by atoms with van der Waals surface area (Å²) in [7, 11) is 0. The fourth-order valence-electron chi connectivity index (χ4n) is 1.90. The lowest BCUT2D eigenvalue weighted by Crippen LogP contribution is -2.12. The van der Waals surface area contributed by atoms with Crippen LogP contribution in [0.3, 0.4) is 0 Å². The highest BCUT2D eigenvalue weighted by molar-refractivity contribution is 5.75. The molecule has 2 aromatic rings. The third kappa shape index (κ3) is 2.74. The van der Waals surface area contributed by atoms with Gasteiger partial charge in [0.1, 0.15) is 5.82 Å². The summed E-state index contributed by atoms with van der Waals surface area (Å²) in [5.41, 5.74) is -2.81. The van der Waals surface area contributed by atoms with E-state index in [9.17, 15) is 36.2 Å². The minimum absolute atomic E-state index is 0.361. The monoisotopic (exact) mass is 336 g/mol. The van der Waals surface area contributed by atoms with Crippen LogP contribution >= 0.6 is 0 Å². The molecular formula is C14H6F6O3. The molecule has 0 bridgehead atoms. The lowest BCUT2D eigenvalue weighted by Gasteiger charge is -2.11. The van der Waals surface area contributed by atoms with Crippen molar-refractivity contribution in [3.05, 3.63) is 58.7 Å². The van der Waals surface area contributed by atoms with Crippen LogP contribution in [0.5, 0.6) is 0 Å². The van der Waals surface area contributed by atoms with Gasteiger partial charge >= 0.3 is 5.97 Å². The number of halogens is 6. The van der Waals surface area contributed by atoms with Gasteiger partial charge in [-0.15, -0.1) is 0 Å². The Labute approximate surface area is 124 Å². The van der Waals surface area contributed by atoms with Crippen LogP contribution in [0.15, 0.2) is 18.2 Å². The van der Waals surface area contributed by atoms with Crippen molar-refractivity contribution < 1.29 is 41.4 Å². The van der Waals surface area contributed by atoms with Crippen molar-refractivity contribution in [3.63, 3.8) is 0 Å². The summed E-state index contributed by atoms with van der Waals surface area (Å²) in [5.74, 6) is -14.3. The first-order valence-electron chi connectivity index (χ1n) is 5.89. The van der Waals surface area contributed by atoms with Crippen molar-refractivity contribution >= 4 is 5.97 Å². The van der Waals surface area contributed by atoms with Gasteiger partial charge in [-0.2, -0.15) is 0 Å². The van der Waals surface area contributed by atoms with E-state index in [1.165, 1.54) is 0 Å². The number of hydrogen-bond acceptors (Lipinski definition) is 2. The summed E-state index contributed by atoms with van der Waals surface area (Å²) in [6.07, 6.45) is -2.25. The SMILES string of the molecule is O=C(O)C(O)c1ccc(-c2c(F)c(F)c(F)c(F)c2F)cc1F. The first kappa shape index (κ1) is 16.8. The lowest BCUT2D eigenvalue weighted by atomic mass is 9.99. The van der Waals surface area contributed by atoms with E-state index in [0.29, 0.717) is 12.1 Å². The molecule has 0 fully saturated rings. The smallest absolute Gasteiger partial charge is 0.337 e. The molecule has 1 atom stereocenters. The Morgan fingerprint density at radius 1 is 0.870 bits per heavy atom. The molecule has 0 aliphatic heterocycles. The van der Waals surface area contributed by atoms with Gasteiger partial charge in [0.2, 0.25) is 5.82 Å². The van der Waals surface area contributed by atoms with Crippen LogP contribution in [-0.2, 0) is 4.79 Å². The van der Waals surface area contributed by atoms with Gasteiger partial charge in [0.25, 0.3) is 0 Å². The molecule has 1 unspecified atom stereocenters. The molecule has 0 saturated heterocycles. The van der Waals surface area contributed by atoms with Gasteiger partial charge in [-0.25, -0.2) is 31.1 Å². The normalized spacial score (nSPS) is 12.3. The van der Waals surface area contributed by atoms with Gasteiger partial charge in [0.15, 0.2) is 29.4 Å². The molecule has 3 nitrogen and oxygen atoms in total. The molecule has 23 heavy (non-hydrogen) atoms. The maximum absolute atomic E-state index is 13.8. The molecule has 0 saturated carbocycles. The Hall–Kier alpha value is -2.55. The zero-order valence-electron chi connectivity index (χ0n) is 10.9. The molecule has 0 amide bonds. The first-order chi connectivity index (χ1) is 10.7. The summed E-state index contributed by atoms with van der Waals surface area (Å²) < 4.78 is 80.2. The highest BCUT2D eigenvalue weighted by Crippen LogP contribution is 2.33. The molecule has 2 N–H and O–H groups in total. The van der Waals surface area contributed by atoms with E-state index >= 15 is 0 Å². The van der Waals surface area contributed by atoms with E-state index in [-0.39, 0.29) is 0 Å². The van der Waals surface area contributed by atoms with Crippen molar-refractivity contribution in [1.29, 1.82) is 0 Å². The summed E-state index contributed by atoms with van der Waals surface area (Å²) in [6.45, 7) is 0. The molecule has 0 heterocycles. The van der Waals surface area contributed by atoms with E-state index in [1.54, 1.807) is 0 Å². The second-order valence-electron chi connectivity index (χ2n) is 4.42. The molecule has 9 heteroatoms. The second-order valence-corrected chi connectivity index (χ2v) is 4.42. The Bertz CT molecular complexity index is 777. The Morgan fingerprint density at radius 3 is 1.78 bits per heavy atom. The summed E-state index contributed by atoms with van der Waals surface area (Å²) in [4.78, 5) is 10.6. The predicted octanol–water partition coefficient (Wildman–Crippen LogP) is 3.31. The maximum atomic E-state index is 13.8. The zero-order valence-corrected chi connectivity index (χ0v) is 10.9. The lowest BCUT2D eigenvalue weighted by molar-refractivity contribution is -0.147. The van der Waals surface area contributed by atoms with Gasteiger partial charge in [-0.05, 0) is 11.6 Å². The summed E-state index contributed by atoms with van der Waals surface area (Å²) in [6, 6.07) is 1.75. The van der Waals surface area contributed by atoms with Crippen LogP contribution in [0.1, 0.15) is 11.7 Å². The van der Waals surface area contributed by atoms with E-state index in [4.69, 9.17) is 5.11 Å². The zero-order chi connectivity index (χ0) is 17.5. The van der Waals surface area contributed by atoms with Crippen LogP contribution in [0.2, 0.25) is 0 Å². The van der Waals surface area contributed by atoms with Crippen molar-refractivity contribution in [1.82, 2.24) is 0 Å². The third-order valence-corrected chi connectivity index (χ3v) is 3.03. The Kier molecular flexibility index (Phi) is 4.33. The average molecular weight is 336 g/mol. The number of rotatable bonds is 3. The van der Waals surface area contributed by atoms with Crippen LogP contribution in [0, 0.1) is 34.9 Å². The molecule has 0 aromatic heterocycles. The predicted molar refractivity (Wildman–Crippen MR) is 64.2 cm³/mol. The fourth-order valence-corrected chi connectivity index (χ4v) is 1.90. The fraction of sp³-hybridized carbons (Fsp3) is 0.0714. The van der Waals surface area contributed by atoms with E-state index in [0.717, 1.165) is 6.07 Å². The van der Waals surface area contributed by atoms with E-state index in [1.807, 2.05) is 0 Å². The second kappa shape index (κ2) is 5.92. The quantitative estimate of drug-likeness (QED) is 0.514. The summed E-state index contributed by atoms with van der Waals surface area (Å²) in [5, 5.41) is 17.8. The van der Waals surface area contributed by atoms with E-state index < -0.39 is 63.7 Å². The molecule has 0 radical (unpaired) electrons. The molecule has 0 aliphatic carbocycles. The van der Waals surface area contributed by atoms with Gasteiger partial charge < -0.3 is 10.2 Å². The molecule has 122 valence electrons. The summed E-state index contributed by atoms with van der Waals surface area (Å²) >= 11 is 0. The Balaban J connectivity index is 2.66.